The monoisotopic (exact) mass is 281 g/mol. The summed E-state index contributed by atoms with van der Waals surface area (Å²) in [4.78, 5) is 14.4. The van der Waals surface area contributed by atoms with E-state index in [-0.39, 0.29) is 17.4 Å². The maximum Gasteiger partial charge on any atom is 0.182 e. The minimum absolute atomic E-state index is 0.0214. The van der Waals surface area contributed by atoms with Crippen molar-refractivity contribution in [1.82, 2.24) is 4.90 Å². The first-order chi connectivity index (χ1) is 9.40. The minimum atomic E-state index is -0.776. The summed E-state index contributed by atoms with van der Waals surface area (Å²) in [6.07, 6.45) is 1.07. The third-order valence-electron chi connectivity index (χ3n) is 4.32. The fourth-order valence-corrected chi connectivity index (χ4v) is 2.79. The van der Waals surface area contributed by atoms with Crippen molar-refractivity contribution in [3.63, 3.8) is 0 Å². The molecule has 0 radical (unpaired) electrons. The number of hydrogen-bond donors (Lipinski definition) is 0. The fourth-order valence-electron chi connectivity index (χ4n) is 2.79. The van der Waals surface area contributed by atoms with Gasteiger partial charge in [0.25, 0.3) is 0 Å². The predicted octanol–water partition coefficient (Wildman–Crippen LogP) is 3.51. The Balaban J connectivity index is 2.09. The summed E-state index contributed by atoms with van der Waals surface area (Å²) in [6.45, 7) is 7.89. The Morgan fingerprint density at radius 1 is 1.30 bits per heavy atom. The van der Waals surface area contributed by atoms with E-state index in [1.807, 2.05) is 0 Å². The molecule has 1 aromatic carbocycles. The van der Waals surface area contributed by atoms with Crippen LogP contribution < -0.4 is 0 Å². The van der Waals surface area contributed by atoms with Crippen LogP contribution in [-0.4, -0.2) is 29.8 Å². The summed E-state index contributed by atoms with van der Waals surface area (Å²) in [6, 6.07) is 2.77. The average Bonchev–Trinajstić information content (AvgIpc) is 2.87. The van der Waals surface area contributed by atoms with Crippen LogP contribution in [0.4, 0.5) is 8.78 Å². The molecule has 1 aliphatic heterocycles. The molecule has 0 saturated carbocycles. The van der Waals surface area contributed by atoms with Gasteiger partial charge in [-0.15, -0.1) is 0 Å². The van der Waals surface area contributed by atoms with Crippen LogP contribution in [-0.2, 0) is 0 Å². The van der Waals surface area contributed by atoms with E-state index in [0.717, 1.165) is 31.6 Å². The number of carbonyl (C=O) groups is 1. The predicted molar refractivity (Wildman–Crippen MR) is 74.7 cm³/mol. The van der Waals surface area contributed by atoms with Crippen molar-refractivity contribution in [2.24, 2.45) is 11.8 Å². The van der Waals surface area contributed by atoms with E-state index in [1.54, 1.807) is 6.92 Å². The molecule has 1 aliphatic rings. The smallest absolute Gasteiger partial charge is 0.182 e. The van der Waals surface area contributed by atoms with E-state index in [4.69, 9.17) is 0 Å². The van der Waals surface area contributed by atoms with E-state index in [1.165, 1.54) is 6.07 Å². The van der Waals surface area contributed by atoms with E-state index in [0.29, 0.717) is 11.8 Å². The number of halogens is 2. The normalized spacial score (nSPS) is 21.4. The second-order valence-corrected chi connectivity index (χ2v) is 5.95. The van der Waals surface area contributed by atoms with Gasteiger partial charge in [-0.1, -0.05) is 13.8 Å². The standard InChI is InChI=1S/C16H21F2NO/c1-10(2)12-6-7-19(9-12)11(3)16(20)14-5-4-13(17)8-15(14)18/h4-5,8,10-12H,6-7,9H2,1-3H3. The molecule has 2 atom stereocenters. The van der Waals surface area contributed by atoms with Crippen molar-refractivity contribution >= 4 is 5.78 Å². The van der Waals surface area contributed by atoms with E-state index in [9.17, 15) is 13.6 Å². The zero-order valence-electron chi connectivity index (χ0n) is 12.2. The molecule has 2 rings (SSSR count). The fraction of sp³-hybridized carbons (Fsp3) is 0.562. The molecule has 20 heavy (non-hydrogen) atoms. The highest BCUT2D eigenvalue weighted by molar-refractivity contribution is 6.00. The quantitative estimate of drug-likeness (QED) is 0.787. The lowest BCUT2D eigenvalue weighted by molar-refractivity contribution is 0.0856. The van der Waals surface area contributed by atoms with E-state index >= 15 is 0 Å². The summed E-state index contributed by atoms with van der Waals surface area (Å²) in [7, 11) is 0. The maximum atomic E-state index is 13.7. The summed E-state index contributed by atoms with van der Waals surface area (Å²) in [5, 5.41) is 0. The first-order valence-corrected chi connectivity index (χ1v) is 7.13. The highest BCUT2D eigenvalue weighted by Gasteiger charge is 2.32. The van der Waals surface area contributed by atoms with Crippen molar-refractivity contribution in [3.8, 4) is 0 Å². The molecule has 1 heterocycles. The van der Waals surface area contributed by atoms with Gasteiger partial charge >= 0.3 is 0 Å². The zero-order valence-corrected chi connectivity index (χ0v) is 12.2. The van der Waals surface area contributed by atoms with Gasteiger partial charge in [0.15, 0.2) is 5.78 Å². The van der Waals surface area contributed by atoms with Crippen molar-refractivity contribution < 1.29 is 13.6 Å². The van der Waals surface area contributed by atoms with Crippen LogP contribution >= 0.6 is 0 Å². The lowest BCUT2D eigenvalue weighted by Gasteiger charge is -2.24. The van der Waals surface area contributed by atoms with Gasteiger partial charge in [-0.3, -0.25) is 9.69 Å². The molecule has 2 nitrogen and oxygen atoms in total. The van der Waals surface area contributed by atoms with Gasteiger partial charge in [0.1, 0.15) is 11.6 Å². The van der Waals surface area contributed by atoms with Crippen molar-refractivity contribution in [2.45, 2.75) is 33.2 Å². The Morgan fingerprint density at radius 3 is 2.55 bits per heavy atom. The maximum absolute atomic E-state index is 13.7. The number of hydrogen-bond acceptors (Lipinski definition) is 2. The van der Waals surface area contributed by atoms with Gasteiger partial charge in [0, 0.05) is 12.6 Å². The molecule has 0 bridgehead atoms. The molecule has 1 fully saturated rings. The first kappa shape index (κ1) is 15.1. The summed E-state index contributed by atoms with van der Waals surface area (Å²) < 4.78 is 26.6. The third kappa shape index (κ3) is 3.06. The highest BCUT2D eigenvalue weighted by atomic mass is 19.1. The SMILES string of the molecule is CC(C)C1CCN(C(C)C(=O)c2ccc(F)cc2F)C1. The molecule has 0 N–H and O–H groups in total. The number of ketones is 1. The topological polar surface area (TPSA) is 20.3 Å². The summed E-state index contributed by atoms with van der Waals surface area (Å²) in [5.74, 6) is -0.533. The number of carbonyl (C=O) groups excluding carboxylic acids is 1. The van der Waals surface area contributed by atoms with Gasteiger partial charge in [-0.25, -0.2) is 8.78 Å². The molecule has 0 amide bonds. The van der Waals surface area contributed by atoms with Crippen molar-refractivity contribution in [2.75, 3.05) is 13.1 Å². The number of likely N-dealkylation sites (tertiary alicyclic amines) is 1. The Kier molecular flexibility index (Phi) is 4.53. The van der Waals surface area contributed by atoms with Gasteiger partial charge < -0.3 is 0 Å². The van der Waals surface area contributed by atoms with E-state index in [2.05, 4.69) is 18.7 Å². The van der Waals surface area contributed by atoms with Crippen LogP contribution in [0.1, 0.15) is 37.6 Å². The number of Topliss-reactive ketones (excluding diaryl/α,β-unsaturated/α-hetero) is 1. The average molecular weight is 281 g/mol. The van der Waals surface area contributed by atoms with Gasteiger partial charge in [0.05, 0.1) is 11.6 Å². The van der Waals surface area contributed by atoms with Gasteiger partial charge in [-0.2, -0.15) is 0 Å². The summed E-state index contributed by atoms with van der Waals surface area (Å²) >= 11 is 0. The Hall–Kier alpha value is -1.29. The molecule has 110 valence electrons. The molecular weight excluding hydrogens is 260 g/mol. The third-order valence-corrected chi connectivity index (χ3v) is 4.32. The van der Waals surface area contributed by atoms with Gasteiger partial charge in [-0.05, 0) is 43.9 Å². The molecule has 4 heteroatoms. The largest absolute Gasteiger partial charge is 0.293 e. The molecule has 0 aromatic heterocycles. The molecule has 0 spiro atoms. The van der Waals surface area contributed by atoms with E-state index < -0.39 is 11.6 Å². The van der Waals surface area contributed by atoms with Crippen molar-refractivity contribution in [3.05, 3.63) is 35.4 Å². The lowest BCUT2D eigenvalue weighted by Crippen LogP contribution is -2.38. The Bertz CT molecular complexity index is 501. The molecule has 1 saturated heterocycles. The van der Waals surface area contributed by atoms with Crippen molar-refractivity contribution in [1.29, 1.82) is 0 Å². The van der Waals surface area contributed by atoms with Crippen LogP contribution in [0.15, 0.2) is 18.2 Å². The van der Waals surface area contributed by atoms with Crippen LogP contribution in [0.3, 0.4) is 0 Å². The molecular formula is C16H21F2NO. The molecule has 0 aliphatic carbocycles. The minimum Gasteiger partial charge on any atom is -0.293 e. The van der Waals surface area contributed by atoms with Gasteiger partial charge in [0.2, 0.25) is 0 Å². The van der Waals surface area contributed by atoms with Crippen LogP contribution in [0.2, 0.25) is 0 Å². The van der Waals surface area contributed by atoms with Crippen LogP contribution in [0.25, 0.3) is 0 Å². The Labute approximate surface area is 118 Å². The highest BCUT2D eigenvalue weighted by Crippen LogP contribution is 2.26. The first-order valence-electron chi connectivity index (χ1n) is 7.13. The Morgan fingerprint density at radius 2 is 2.00 bits per heavy atom. The lowest BCUT2D eigenvalue weighted by atomic mass is 9.95. The number of rotatable bonds is 4. The summed E-state index contributed by atoms with van der Waals surface area (Å²) in [5.41, 5.74) is -0.0214. The number of nitrogens with zero attached hydrogens (tertiary/aromatic N) is 1. The second-order valence-electron chi connectivity index (χ2n) is 5.95. The zero-order chi connectivity index (χ0) is 14.9. The second kappa shape index (κ2) is 6.00. The number of benzene rings is 1. The molecule has 2 unspecified atom stereocenters. The van der Waals surface area contributed by atoms with Crippen LogP contribution in [0, 0.1) is 23.5 Å². The van der Waals surface area contributed by atoms with Crippen LogP contribution in [0.5, 0.6) is 0 Å². The molecule has 1 aromatic rings.